The van der Waals surface area contributed by atoms with Crippen LogP contribution in [0.25, 0.3) is 0 Å². The summed E-state index contributed by atoms with van der Waals surface area (Å²) in [5, 5.41) is 40.7. The van der Waals surface area contributed by atoms with Crippen LogP contribution in [-0.2, 0) is 80.0 Å². The van der Waals surface area contributed by atoms with Gasteiger partial charge in [-0.05, 0) is 100 Å². The number of carbonyl (C=O) groups excluding carboxylic acids is 12. The van der Waals surface area contributed by atoms with Gasteiger partial charge in [-0.3, -0.25) is 72.1 Å². The standard InChI is InChI=1S/C71H105N7O18/c1-42(2)13-8-9-18-50(70(75)96)34-61(85)52(30-46-19-23-55(80)24-20-46)36-59(83)48(21-25-68(92)93)32-58(82)49(22-26-69(94)95)33-65(89)56(44(4)79)41-64(88)47(17-10-11-27-72)31-60(84)51(29-45-15-6-5-7-16-45)37-62(86)54(40-67(74)91)38-63(87)53(39-66(73)90)35-57(81)43(3)14-12-28-78-71(76)77/h5-7,15-16,19-20,23-24,42-44,47-54,56,79-80H,8-14,17-18,21-22,25-41,72H2,1-4H3,(H2,73,90)(H2,74,91)(H2,75,96)(H,92,93)(H,94,95)(H4,76,77,78). The van der Waals surface area contributed by atoms with Crippen molar-refractivity contribution in [1.82, 2.24) is 0 Å². The SMILES string of the molecule is CC(C)CCCCC(CC(=O)C(CC(=O)C(CCC(=O)O)CC(=O)C(CCC(=O)O)CC(=O)C(CC(=O)C(CCCCN)CC(=O)C(CC(=O)C(CC(N)=O)CC(=O)C(CC(N)=O)CC(=O)C(C)CCCN=C(N)N)Cc1ccccc1)C(C)O)Cc1ccc(O)cc1)C(N)=O. The van der Waals surface area contributed by atoms with E-state index in [0.717, 1.165) is 12.8 Å². The molecule has 2 rings (SSSR count). The predicted octanol–water partition coefficient (Wildman–Crippen LogP) is 5.74. The average molecular weight is 1340 g/mol. The zero-order chi connectivity index (χ0) is 72.2. The molecule has 0 radical (unpaired) electrons. The van der Waals surface area contributed by atoms with Gasteiger partial charge in [0, 0.05) is 143 Å². The number of guanidine groups is 1. The molecule has 0 aliphatic carbocycles. The number of ketones is 9. The number of carboxylic acid groups (broad SMARTS) is 2. The number of phenolic OH excluding ortho intramolecular Hbond substituents is 1. The number of benzene rings is 2. The average Bonchev–Trinajstić information content (AvgIpc) is 0.868. The predicted molar refractivity (Wildman–Crippen MR) is 358 cm³/mol. The molecule has 532 valence electrons. The molecular weight excluding hydrogens is 1240 g/mol. The lowest BCUT2D eigenvalue weighted by molar-refractivity contribution is -0.141. The van der Waals surface area contributed by atoms with Crippen LogP contribution in [0, 0.1) is 65.1 Å². The topological polar surface area (TPSA) is 488 Å². The molecule has 0 saturated carbocycles. The van der Waals surface area contributed by atoms with E-state index >= 15 is 0 Å². The maximum atomic E-state index is 14.8. The van der Waals surface area contributed by atoms with E-state index < -0.39 is 231 Å². The number of unbranched alkanes of at least 4 members (excludes halogenated alkanes) is 2. The molecule has 2 aromatic carbocycles. The maximum Gasteiger partial charge on any atom is 0.303 e. The summed E-state index contributed by atoms with van der Waals surface area (Å²) < 4.78 is 0. The highest BCUT2D eigenvalue weighted by Crippen LogP contribution is 2.32. The van der Waals surface area contributed by atoms with Gasteiger partial charge in [-0.15, -0.1) is 0 Å². The van der Waals surface area contributed by atoms with Gasteiger partial charge in [-0.2, -0.15) is 0 Å². The number of aliphatic imine (C=N–C) groups is 1. The number of amides is 3. The Morgan fingerprint density at radius 1 is 0.406 bits per heavy atom. The molecule has 0 fully saturated rings. The van der Waals surface area contributed by atoms with Gasteiger partial charge in [0.2, 0.25) is 17.7 Å². The molecule has 0 aliphatic heterocycles. The lowest BCUT2D eigenvalue weighted by Crippen LogP contribution is -2.35. The first-order valence-electron chi connectivity index (χ1n) is 33.5. The van der Waals surface area contributed by atoms with E-state index in [4.69, 9.17) is 34.4 Å². The lowest BCUT2D eigenvalue weighted by atomic mass is 9.77. The third-order valence-corrected chi connectivity index (χ3v) is 17.9. The number of hydrogen-bond donors (Lipinski definition) is 10. The van der Waals surface area contributed by atoms with Gasteiger partial charge in [0.05, 0.1) is 12.0 Å². The number of aliphatic hydroxyl groups is 1. The number of primary amides is 3. The minimum Gasteiger partial charge on any atom is -0.508 e. The fourth-order valence-electron chi connectivity index (χ4n) is 12.0. The zero-order valence-electron chi connectivity index (χ0n) is 56.3. The Kier molecular flexibility index (Phi) is 38.9. The van der Waals surface area contributed by atoms with Crippen molar-refractivity contribution >= 4 is 87.7 Å². The van der Waals surface area contributed by atoms with E-state index in [9.17, 15) is 87.5 Å². The Morgan fingerprint density at radius 2 is 0.792 bits per heavy atom. The van der Waals surface area contributed by atoms with Crippen molar-refractivity contribution in [3.8, 4) is 5.75 Å². The van der Waals surface area contributed by atoms with Crippen LogP contribution in [0.15, 0.2) is 59.6 Å². The second kappa shape index (κ2) is 44.5. The number of phenols is 1. The van der Waals surface area contributed by atoms with Gasteiger partial charge < -0.3 is 54.8 Å². The summed E-state index contributed by atoms with van der Waals surface area (Å²) in [4.78, 5) is 194. The third-order valence-electron chi connectivity index (χ3n) is 17.9. The molecule has 0 aromatic heterocycles. The fraction of sp³-hybridized carbons (Fsp3) is 0.620. The van der Waals surface area contributed by atoms with Gasteiger partial charge in [0.15, 0.2) is 5.96 Å². The van der Waals surface area contributed by atoms with E-state index in [1.165, 1.54) is 19.1 Å². The highest BCUT2D eigenvalue weighted by Gasteiger charge is 2.39. The molecule has 2 aromatic rings. The van der Waals surface area contributed by atoms with Crippen LogP contribution in [-0.4, -0.2) is 127 Å². The van der Waals surface area contributed by atoms with Crippen LogP contribution in [0.4, 0.5) is 0 Å². The molecule has 0 heterocycles. The summed E-state index contributed by atoms with van der Waals surface area (Å²) >= 11 is 0. The van der Waals surface area contributed by atoms with Crippen LogP contribution in [0.2, 0.25) is 0 Å². The number of carbonyl (C=O) groups is 14. The maximum absolute atomic E-state index is 14.8. The first-order valence-corrected chi connectivity index (χ1v) is 33.5. The molecule has 11 unspecified atom stereocenters. The number of aliphatic hydroxyl groups excluding tert-OH is 1. The molecule has 0 bridgehead atoms. The van der Waals surface area contributed by atoms with E-state index in [2.05, 4.69) is 18.8 Å². The number of hydrogen-bond acceptors (Lipinski definition) is 18. The minimum absolute atomic E-state index is 0.0448. The van der Waals surface area contributed by atoms with Crippen LogP contribution in [0.3, 0.4) is 0 Å². The number of nitrogens with two attached hydrogens (primary N) is 6. The number of nitrogens with zero attached hydrogens (tertiary/aromatic N) is 1. The molecule has 3 amide bonds. The molecule has 0 saturated heterocycles. The Labute approximate surface area is 562 Å². The van der Waals surface area contributed by atoms with Crippen LogP contribution >= 0.6 is 0 Å². The summed E-state index contributed by atoms with van der Waals surface area (Å²) in [7, 11) is 0. The van der Waals surface area contributed by atoms with E-state index in [-0.39, 0.29) is 56.3 Å². The van der Waals surface area contributed by atoms with Crippen LogP contribution in [0.1, 0.15) is 193 Å². The summed E-state index contributed by atoms with van der Waals surface area (Å²) in [6.45, 7) is 7.42. The van der Waals surface area contributed by atoms with Crippen molar-refractivity contribution < 1.29 is 87.5 Å². The highest BCUT2D eigenvalue weighted by molar-refractivity contribution is 5.99. The number of Topliss-reactive ketones (excluding diaryl/α,β-unsaturated/α-hetero) is 9. The normalized spacial score (nSPS) is 14.8. The van der Waals surface area contributed by atoms with Crippen molar-refractivity contribution in [3.05, 3.63) is 65.7 Å². The van der Waals surface area contributed by atoms with Crippen molar-refractivity contribution in [1.29, 1.82) is 0 Å². The monoisotopic (exact) mass is 1340 g/mol. The molecule has 25 nitrogen and oxygen atoms in total. The number of aliphatic carboxylic acids is 2. The number of carboxylic acids is 2. The summed E-state index contributed by atoms with van der Waals surface area (Å²) in [5.74, 6) is -22.7. The first-order chi connectivity index (χ1) is 45.2. The van der Waals surface area contributed by atoms with Crippen molar-refractivity contribution in [2.24, 2.45) is 104 Å². The largest absolute Gasteiger partial charge is 0.508 e. The molecule has 16 N–H and O–H groups in total. The Hall–Kier alpha value is -8.19. The smallest absolute Gasteiger partial charge is 0.303 e. The third kappa shape index (κ3) is 34.0. The van der Waals surface area contributed by atoms with Crippen LogP contribution in [0.5, 0.6) is 5.75 Å². The summed E-state index contributed by atoms with van der Waals surface area (Å²) in [6, 6.07) is 14.4. The second-order valence-corrected chi connectivity index (χ2v) is 26.4. The number of rotatable bonds is 56. The summed E-state index contributed by atoms with van der Waals surface area (Å²) in [6.07, 6.45) is -5.73. The Bertz CT molecular complexity index is 2960. The number of aromatic hydroxyl groups is 1. The quantitative estimate of drug-likeness (QED) is 0.0214. The molecule has 96 heavy (non-hydrogen) atoms. The van der Waals surface area contributed by atoms with E-state index in [0.29, 0.717) is 55.6 Å². The first kappa shape index (κ1) is 83.9. The minimum atomic E-state index is -1.56. The molecule has 11 atom stereocenters. The second-order valence-electron chi connectivity index (χ2n) is 26.4. The lowest BCUT2D eigenvalue weighted by Gasteiger charge is -2.26. The highest BCUT2D eigenvalue weighted by atomic mass is 16.4. The van der Waals surface area contributed by atoms with E-state index in [1.807, 2.05) is 0 Å². The van der Waals surface area contributed by atoms with Crippen molar-refractivity contribution in [3.63, 3.8) is 0 Å². The molecule has 25 heteroatoms. The molecule has 0 spiro atoms. The van der Waals surface area contributed by atoms with Gasteiger partial charge in [0.25, 0.3) is 0 Å². The summed E-state index contributed by atoms with van der Waals surface area (Å²) in [5.41, 5.74) is 34.6. The van der Waals surface area contributed by atoms with Crippen molar-refractivity contribution in [2.75, 3.05) is 13.1 Å². The molecular formula is C71H105N7O18. The van der Waals surface area contributed by atoms with Gasteiger partial charge in [-0.25, -0.2) is 0 Å². The Morgan fingerprint density at radius 3 is 1.24 bits per heavy atom. The van der Waals surface area contributed by atoms with Crippen LogP contribution < -0.4 is 34.4 Å². The van der Waals surface area contributed by atoms with Gasteiger partial charge in [-0.1, -0.05) is 88.9 Å². The Balaban J connectivity index is 2.54. The molecule has 0 aliphatic rings. The zero-order valence-corrected chi connectivity index (χ0v) is 56.3. The van der Waals surface area contributed by atoms with Gasteiger partial charge in [0.1, 0.15) is 57.8 Å². The van der Waals surface area contributed by atoms with Crippen molar-refractivity contribution in [2.45, 2.75) is 201 Å². The van der Waals surface area contributed by atoms with Gasteiger partial charge >= 0.3 is 11.9 Å². The fourth-order valence-corrected chi connectivity index (χ4v) is 12.0. The van der Waals surface area contributed by atoms with E-state index in [1.54, 1.807) is 49.4 Å².